The maximum atomic E-state index is 12.2. The Morgan fingerprint density at radius 1 is 1.17 bits per heavy atom. The molecule has 0 fully saturated rings. The second-order valence-corrected chi connectivity index (χ2v) is 5.26. The van der Waals surface area contributed by atoms with Gasteiger partial charge in [-0.2, -0.15) is 0 Å². The SMILES string of the molecule is COc1ccc(NC(=O)N(C)Cc2ccnc(N(C)C)n2)cc1. The number of nitrogens with one attached hydrogen (secondary N) is 1. The molecule has 0 radical (unpaired) electrons. The Hall–Kier alpha value is -2.83. The Morgan fingerprint density at radius 2 is 1.87 bits per heavy atom. The van der Waals surface area contributed by atoms with E-state index in [-0.39, 0.29) is 6.03 Å². The Kier molecular flexibility index (Phi) is 5.35. The van der Waals surface area contributed by atoms with Crippen molar-refractivity contribution >= 4 is 17.7 Å². The Morgan fingerprint density at radius 3 is 2.48 bits per heavy atom. The normalized spacial score (nSPS) is 10.1. The summed E-state index contributed by atoms with van der Waals surface area (Å²) >= 11 is 0. The van der Waals surface area contributed by atoms with Crippen LogP contribution in [0.5, 0.6) is 5.75 Å². The maximum Gasteiger partial charge on any atom is 0.321 e. The minimum absolute atomic E-state index is 0.208. The molecule has 122 valence electrons. The molecule has 0 saturated carbocycles. The van der Waals surface area contributed by atoms with E-state index in [1.165, 1.54) is 0 Å². The van der Waals surface area contributed by atoms with Crippen LogP contribution in [-0.4, -0.2) is 49.2 Å². The number of hydrogen-bond acceptors (Lipinski definition) is 5. The van der Waals surface area contributed by atoms with Gasteiger partial charge in [-0.15, -0.1) is 0 Å². The van der Waals surface area contributed by atoms with Crippen molar-refractivity contribution in [2.24, 2.45) is 0 Å². The minimum Gasteiger partial charge on any atom is -0.497 e. The van der Waals surface area contributed by atoms with Gasteiger partial charge in [-0.05, 0) is 30.3 Å². The highest BCUT2D eigenvalue weighted by atomic mass is 16.5. The van der Waals surface area contributed by atoms with Gasteiger partial charge in [0.15, 0.2) is 0 Å². The smallest absolute Gasteiger partial charge is 0.321 e. The molecule has 0 spiro atoms. The van der Waals surface area contributed by atoms with E-state index in [1.54, 1.807) is 55.6 Å². The third-order valence-corrected chi connectivity index (χ3v) is 3.19. The number of carbonyl (C=O) groups is 1. The summed E-state index contributed by atoms with van der Waals surface area (Å²) in [5.41, 5.74) is 1.48. The third-order valence-electron chi connectivity index (χ3n) is 3.19. The highest BCUT2D eigenvalue weighted by Crippen LogP contribution is 2.15. The number of nitrogens with zero attached hydrogens (tertiary/aromatic N) is 4. The van der Waals surface area contributed by atoms with E-state index in [0.717, 1.165) is 11.4 Å². The van der Waals surface area contributed by atoms with E-state index in [9.17, 15) is 4.79 Å². The third kappa shape index (κ3) is 4.57. The molecule has 0 bridgehead atoms. The van der Waals surface area contributed by atoms with E-state index in [2.05, 4.69) is 15.3 Å². The van der Waals surface area contributed by atoms with Crippen LogP contribution in [0.2, 0.25) is 0 Å². The molecule has 2 rings (SSSR count). The number of carbonyl (C=O) groups excluding carboxylic acids is 1. The van der Waals surface area contributed by atoms with E-state index in [4.69, 9.17) is 4.74 Å². The minimum atomic E-state index is -0.208. The van der Waals surface area contributed by atoms with Gasteiger partial charge >= 0.3 is 6.03 Å². The maximum absolute atomic E-state index is 12.2. The largest absolute Gasteiger partial charge is 0.497 e. The van der Waals surface area contributed by atoms with Gasteiger partial charge in [0, 0.05) is 33.0 Å². The van der Waals surface area contributed by atoms with Crippen molar-refractivity contribution in [1.82, 2.24) is 14.9 Å². The van der Waals surface area contributed by atoms with Gasteiger partial charge < -0.3 is 19.9 Å². The second kappa shape index (κ2) is 7.44. The molecule has 0 aliphatic heterocycles. The number of hydrogen-bond donors (Lipinski definition) is 1. The fourth-order valence-electron chi connectivity index (χ4n) is 1.90. The molecule has 7 nitrogen and oxygen atoms in total. The molecule has 0 aliphatic carbocycles. The van der Waals surface area contributed by atoms with Crippen molar-refractivity contribution in [3.8, 4) is 5.75 Å². The van der Waals surface area contributed by atoms with Crippen LogP contribution >= 0.6 is 0 Å². The van der Waals surface area contributed by atoms with Crippen molar-refractivity contribution in [3.63, 3.8) is 0 Å². The molecular weight excluding hydrogens is 294 g/mol. The molecule has 0 atom stereocenters. The summed E-state index contributed by atoms with van der Waals surface area (Å²) in [5.74, 6) is 1.36. The first-order valence-electron chi connectivity index (χ1n) is 7.15. The van der Waals surface area contributed by atoms with Crippen LogP contribution < -0.4 is 15.0 Å². The Labute approximate surface area is 135 Å². The molecule has 1 aromatic carbocycles. The van der Waals surface area contributed by atoms with Gasteiger partial charge in [-0.25, -0.2) is 14.8 Å². The van der Waals surface area contributed by atoms with E-state index in [0.29, 0.717) is 18.2 Å². The molecule has 1 heterocycles. The summed E-state index contributed by atoms with van der Waals surface area (Å²) in [4.78, 5) is 24.2. The molecule has 1 aromatic heterocycles. The average molecular weight is 315 g/mol. The molecule has 7 heteroatoms. The number of ether oxygens (including phenoxy) is 1. The summed E-state index contributed by atoms with van der Waals surface area (Å²) in [6, 6.07) is 8.76. The molecule has 2 amide bonds. The van der Waals surface area contributed by atoms with Crippen molar-refractivity contribution in [2.45, 2.75) is 6.54 Å². The average Bonchev–Trinajstić information content (AvgIpc) is 2.55. The highest BCUT2D eigenvalue weighted by Gasteiger charge is 2.11. The van der Waals surface area contributed by atoms with Crippen LogP contribution in [0.15, 0.2) is 36.5 Å². The number of amides is 2. The first-order valence-corrected chi connectivity index (χ1v) is 7.15. The topological polar surface area (TPSA) is 70.6 Å². The van der Waals surface area contributed by atoms with Crippen molar-refractivity contribution < 1.29 is 9.53 Å². The molecule has 23 heavy (non-hydrogen) atoms. The summed E-state index contributed by atoms with van der Waals surface area (Å²) in [6.45, 7) is 0.394. The standard InChI is InChI=1S/C16H21N5O2/c1-20(2)15-17-10-9-13(18-15)11-21(3)16(22)19-12-5-7-14(23-4)8-6-12/h5-10H,11H2,1-4H3,(H,19,22). The van der Waals surface area contributed by atoms with Gasteiger partial charge in [0.1, 0.15) is 5.75 Å². The zero-order valence-electron chi connectivity index (χ0n) is 13.8. The lowest BCUT2D eigenvalue weighted by Crippen LogP contribution is -2.31. The van der Waals surface area contributed by atoms with Crippen LogP contribution in [0.4, 0.5) is 16.4 Å². The van der Waals surface area contributed by atoms with Crippen molar-refractivity contribution in [1.29, 1.82) is 0 Å². The number of rotatable bonds is 5. The van der Waals surface area contributed by atoms with Gasteiger partial charge in [0.25, 0.3) is 0 Å². The lowest BCUT2D eigenvalue weighted by Gasteiger charge is -2.18. The molecule has 0 unspecified atom stereocenters. The number of aromatic nitrogens is 2. The summed E-state index contributed by atoms with van der Waals surface area (Å²) in [5, 5.41) is 2.83. The van der Waals surface area contributed by atoms with Crippen LogP contribution in [0, 0.1) is 0 Å². The van der Waals surface area contributed by atoms with E-state index < -0.39 is 0 Å². The predicted molar refractivity (Wildman–Crippen MR) is 89.8 cm³/mol. The quantitative estimate of drug-likeness (QED) is 0.916. The van der Waals surface area contributed by atoms with Crippen LogP contribution in [-0.2, 0) is 6.54 Å². The summed E-state index contributed by atoms with van der Waals surface area (Å²) in [7, 11) is 7.07. The molecular formula is C16H21N5O2. The fourth-order valence-corrected chi connectivity index (χ4v) is 1.90. The van der Waals surface area contributed by atoms with E-state index in [1.807, 2.05) is 19.0 Å². The number of urea groups is 1. The first-order chi connectivity index (χ1) is 11.0. The molecule has 0 aliphatic rings. The Balaban J connectivity index is 1.97. The van der Waals surface area contributed by atoms with E-state index >= 15 is 0 Å². The lowest BCUT2D eigenvalue weighted by atomic mass is 10.3. The predicted octanol–water partition coefficient (Wildman–Crippen LogP) is 2.22. The zero-order valence-corrected chi connectivity index (χ0v) is 13.8. The van der Waals surface area contributed by atoms with Gasteiger partial charge in [-0.1, -0.05) is 0 Å². The van der Waals surface area contributed by atoms with Gasteiger partial charge in [0.05, 0.1) is 19.3 Å². The Bertz CT molecular complexity index is 658. The van der Waals surface area contributed by atoms with Gasteiger partial charge in [-0.3, -0.25) is 0 Å². The first kappa shape index (κ1) is 16.5. The second-order valence-electron chi connectivity index (χ2n) is 5.26. The van der Waals surface area contributed by atoms with Crippen LogP contribution in [0.1, 0.15) is 5.69 Å². The monoisotopic (exact) mass is 315 g/mol. The lowest BCUT2D eigenvalue weighted by molar-refractivity contribution is 0.220. The number of benzene rings is 1. The van der Waals surface area contributed by atoms with Crippen molar-refractivity contribution in [2.75, 3.05) is 38.5 Å². The summed E-state index contributed by atoms with van der Waals surface area (Å²) < 4.78 is 5.09. The fraction of sp³-hybridized carbons (Fsp3) is 0.312. The number of anilines is 2. The zero-order chi connectivity index (χ0) is 16.8. The molecule has 0 saturated heterocycles. The van der Waals surface area contributed by atoms with Gasteiger partial charge in [0.2, 0.25) is 5.95 Å². The van der Waals surface area contributed by atoms with Crippen LogP contribution in [0.3, 0.4) is 0 Å². The van der Waals surface area contributed by atoms with Crippen molar-refractivity contribution in [3.05, 3.63) is 42.2 Å². The molecule has 1 N–H and O–H groups in total. The highest BCUT2D eigenvalue weighted by molar-refractivity contribution is 5.89. The van der Waals surface area contributed by atoms with Crippen LogP contribution in [0.25, 0.3) is 0 Å². The summed E-state index contributed by atoms with van der Waals surface area (Å²) in [6.07, 6.45) is 1.69. The number of methoxy groups -OCH3 is 1. The molecule has 2 aromatic rings.